The number of likely N-dealkylation sites (N-methyl/N-ethyl adjacent to an activating group) is 1. The Morgan fingerprint density at radius 1 is 0.436 bits per heavy atom. The minimum Gasteiger partial charge on any atom is -0.756 e. The third-order valence-electron chi connectivity index (χ3n) is 15.6. The zero-order valence-electron chi connectivity index (χ0n) is 52.9. The normalized spacial score (nSPS) is 13.7. The summed E-state index contributed by atoms with van der Waals surface area (Å²) in [4.78, 5) is 40.1. The number of phosphoric acid groups is 1. The minimum absolute atomic E-state index is 0.0179. The summed E-state index contributed by atoms with van der Waals surface area (Å²) in [7, 11) is 1.21. The van der Waals surface area contributed by atoms with Crippen molar-refractivity contribution in [1.82, 2.24) is 5.32 Å². The summed E-state index contributed by atoms with van der Waals surface area (Å²) in [5.41, 5.74) is 0. The smallest absolute Gasteiger partial charge is 0.306 e. The molecule has 0 aliphatic rings. The Balaban J connectivity index is 5.03. The van der Waals surface area contributed by atoms with Crippen LogP contribution in [0.3, 0.4) is 0 Å². The van der Waals surface area contributed by atoms with E-state index in [1.54, 1.807) is 0 Å². The number of phosphoric ester groups is 1. The van der Waals surface area contributed by atoms with Crippen molar-refractivity contribution in [3.05, 3.63) is 24.3 Å². The fourth-order valence-corrected chi connectivity index (χ4v) is 11.1. The van der Waals surface area contributed by atoms with Gasteiger partial charge in [-0.3, -0.25) is 14.2 Å². The molecular formula is C68H133N2O7P. The van der Waals surface area contributed by atoms with Crippen LogP contribution in [0, 0.1) is 0 Å². The second-order valence-electron chi connectivity index (χ2n) is 24.7. The number of hydrogen-bond donors (Lipinski definition) is 1. The van der Waals surface area contributed by atoms with Gasteiger partial charge in [0.1, 0.15) is 19.3 Å². The first-order chi connectivity index (χ1) is 37.9. The van der Waals surface area contributed by atoms with Crippen molar-refractivity contribution in [2.24, 2.45) is 0 Å². The van der Waals surface area contributed by atoms with E-state index in [1.165, 1.54) is 257 Å². The molecule has 1 N–H and O–H groups in total. The standard InChI is InChI=1S/C68H133N2O7P/c1-7-10-13-16-19-22-25-28-30-31-32-33-34-35-36-37-38-39-41-43-46-49-52-55-58-61-68(72)77-66(59-56-53-50-47-44-27-24-21-18-15-12-9-3)65(64-76-78(73,74)75-63-62-70(4,5)6)69-67(71)60-57-54-51-48-45-42-40-29-26-23-20-17-14-11-8-2/h28,30,56,59,65-66H,7-27,29,31-55,57-58,60-64H2,1-6H3,(H-,69,71,73,74)/b30-28+,59-56+. The molecule has 0 aliphatic carbocycles. The van der Waals surface area contributed by atoms with Crippen molar-refractivity contribution in [2.45, 2.75) is 360 Å². The van der Waals surface area contributed by atoms with Gasteiger partial charge in [-0.1, -0.05) is 302 Å². The van der Waals surface area contributed by atoms with Crippen LogP contribution < -0.4 is 10.2 Å². The molecule has 0 saturated carbocycles. The topological polar surface area (TPSA) is 114 Å². The van der Waals surface area contributed by atoms with E-state index in [-0.39, 0.29) is 31.5 Å². The van der Waals surface area contributed by atoms with Gasteiger partial charge >= 0.3 is 5.97 Å². The maximum absolute atomic E-state index is 13.5. The summed E-state index contributed by atoms with van der Waals surface area (Å²) < 4.78 is 30.4. The molecule has 0 saturated heterocycles. The molecule has 3 unspecified atom stereocenters. The Labute approximate surface area is 485 Å². The lowest BCUT2D eigenvalue weighted by Crippen LogP contribution is -2.47. The first kappa shape index (κ1) is 76.5. The average Bonchev–Trinajstić information content (AvgIpc) is 3.40. The van der Waals surface area contributed by atoms with Crippen LogP contribution in [0.25, 0.3) is 0 Å². The Bertz CT molecular complexity index is 1380. The molecule has 0 aromatic heterocycles. The van der Waals surface area contributed by atoms with Crippen LogP contribution in [0.4, 0.5) is 0 Å². The third-order valence-corrected chi connectivity index (χ3v) is 16.6. The van der Waals surface area contributed by atoms with E-state index in [2.05, 4.69) is 38.2 Å². The summed E-state index contributed by atoms with van der Waals surface area (Å²) in [6.07, 6.45) is 70.1. The van der Waals surface area contributed by atoms with E-state index in [4.69, 9.17) is 13.8 Å². The summed E-state index contributed by atoms with van der Waals surface area (Å²) in [6.45, 7) is 6.89. The van der Waals surface area contributed by atoms with E-state index in [0.29, 0.717) is 17.4 Å². The van der Waals surface area contributed by atoms with Gasteiger partial charge in [-0.2, -0.15) is 0 Å². The molecule has 462 valence electrons. The number of ether oxygens (including phenoxy) is 1. The Morgan fingerprint density at radius 3 is 1.09 bits per heavy atom. The van der Waals surface area contributed by atoms with E-state index in [9.17, 15) is 19.0 Å². The molecule has 3 atom stereocenters. The zero-order valence-corrected chi connectivity index (χ0v) is 53.8. The van der Waals surface area contributed by atoms with Crippen molar-refractivity contribution in [3.8, 4) is 0 Å². The first-order valence-corrected chi connectivity index (χ1v) is 35.6. The lowest BCUT2D eigenvalue weighted by molar-refractivity contribution is -0.870. The van der Waals surface area contributed by atoms with E-state index in [0.717, 1.165) is 57.8 Å². The van der Waals surface area contributed by atoms with Gasteiger partial charge in [0.25, 0.3) is 7.82 Å². The second-order valence-corrected chi connectivity index (χ2v) is 26.1. The molecule has 9 nitrogen and oxygen atoms in total. The van der Waals surface area contributed by atoms with Crippen LogP contribution in [0.1, 0.15) is 348 Å². The number of unbranched alkanes of at least 4 members (excludes halogenated alkanes) is 45. The highest BCUT2D eigenvalue weighted by Gasteiger charge is 2.27. The number of esters is 1. The van der Waals surface area contributed by atoms with E-state index >= 15 is 0 Å². The fourth-order valence-electron chi connectivity index (χ4n) is 10.3. The molecule has 0 radical (unpaired) electrons. The number of nitrogens with one attached hydrogen (secondary N) is 1. The molecule has 0 bridgehead atoms. The first-order valence-electron chi connectivity index (χ1n) is 34.1. The largest absolute Gasteiger partial charge is 0.756 e. The quantitative estimate of drug-likeness (QED) is 0.0212. The summed E-state index contributed by atoms with van der Waals surface area (Å²) in [6, 6.07) is -0.882. The Morgan fingerprint density at radius 2 is 0.744 bits per heavy atom. The van der Waals surface area contributed by atoms with Gasteiger partial charge in [-0.15, -0.1) is 0 Å². The second kappa shape index (κ2) is 58.7. The van der Waals surface area contributed by atoms with Gasteiger partial charge in [0.05, 0.1) is 33.8 Å². The lowest BCUT2D eigenvalue weighted by atomic mass is 10.0. The van der Waals surface area contributed by atoms with Gasteiger partial charge in [0, 0.05) is 12.8 Å². The number of allylic oxidation sites excluding steroid dienone is 3. The number of quaternary nitrogens is 1. The zero-order chi connectivity index (χ0) is 57.2. The number of carbonyl (C=O) groups excluding carboxylic acids is 2. The van der Waals surface area contributed by atoms with Gasteiger partial charge < -0.3 is 28.5 Å². The highest BCUT2D eigenvalue weighted by Crippen LogP contribution is 2.38. The van der Waals surface area contributed by atoms with Crippen molar-refractivity contribution >= 4 is 19.7 Å². The maximum atomic E-state index is 13.5. The van der Waals surface area contributed by atoms with Gasteiger partial charge in [0.2, 0.25) is 5.91 Å². The SMILES string of the molecule is CCCCCCCC/C=C/CCCCCCCCCCCCCCCCCC(=O)OC(/C=C/CCCCCCCCCCCC)C(COP(=O)([O-])OCC[N+](C)(C)C)NC(=O)CCCCCCCCCCCCCCCCC. The number of carbonyl (C=O) groups is 2. The van der Waals surface area contributed by atoms with Crippen LogP contribution in [-0.4, -0.2) is 69.4 Å². The molecule has 0 heterocycles. The molecule has 0 spiro atoms. The molecule has 10 heteroatoms. The predicted molar refractivity (Wildman–Crippen MR) is 335 cm³/mol. The summed E-state index contributed by atoms with van der Waals surface area (Å²) in [5.74, 6) is -0.520. The minimum atomic E-state index is -4.69. The van der Waals surface area contributed by atoms with Crippen molar-refractivity contribution in [2.75, 3.05) is 40.9 Å². The fraction of sp³-hybridized carbons (Fsp3) is 0.912. The molecular weight excluding hydrogens is 988 g/mol. The average molecular weight is 1120 g/mol. The number of amides is 1. The maximum Gasteiger partial charge on any atom is 0.306 e. The van der Waals surface area contributed by atoms with E-state index < -0.39 is 20.0 Å². The van der Waals surface area contributed by atoms with Crippen LogP contribution in [0.15, 0.2) is 24.3 Å². The molecule has 0 fully saturated rings. The van der Waals surface area contributed by atoms with Gasteiger partial charge in [-0.25, -0.2) is 0 Å². The third kappa shape index (κ3) is 59.1. The number of hydrogen-bond acceptors (Lipinski definition) is 7. The van der Waals surface area contributed by atoms with E-state index in [1.807, 2.05) is 33.3 Å². The molecule has 0 aromatic rings. The monoisotopic (exact) mass is 1120 g/mol. The summed E-state index contributed by atoms with van der Waals surface area (Å²) in [5, 5.41) is 3.04. The molecule has 0 aromatic carbocycles. The lowest BCUT2D eigenvalue weighted by Gasteiger charge is -2.30. The molecule has 0 rings (SSSR count). The Hall–Kier alpha value is -1.51. The molecule has 0 aliphatic heterocycles. The van der Waals surface area contributed by atoms with Crippen molar-refractivity contribution in [1.29, 1.82) is 0 Å². The Kier molecular flexibility index (Phi) is 57.5. The van der Waals surface area contributed by atoms with Gasteiger partial charge in [0.15, 0.2) is 0 Å². The predicted octanol–water partition coefficient (Wildman–Crippen LogP) is 20.7. The van der Waals surface area contributed by atoms with Crippen LogP contribution in [0.2, 0.25) is 0 Å². The van der Waals surface area contributed by atoms with Crippen LogP contribution in [0.5, 0.6) is 0 Å². The summed E-state index contributed by atoms with van der Waals surface area (Å²) >= 11 is 0. The van der Waals surface area contributed by atoms with Crippen LogP contribution >= 0.6 is 7.82 Å². The van der Waals surface area contributed by atoms with Crippen molar-refractivity contribution in [3.63, 3.8) is 0 Å². The molecule has 78 heavy (non-hydrogen) atoms. The van der Waals surface area contributed by atoms with Crippen molar-refractivity contribution < 1.29 is 37.3 Å². The molecule has 1 amide bonds. The highest BCUT2D eigenvalue weighted by atomic mass is 31.2. The van der Waals surface area contributed by atoms with Crippen LogP contribution in [-0.2, 0) is 27.9 Å². The van der Waals surface area contributed by atoms with Gasteiger partial charge in [-0.05, 0) is 57.4 Å². The highest BCUT2D eigenvalue weighted by molar-refractivity contribution is 7.45. The number of nitrogens with zero attached hydrogens (tertiary/aromatic N) is 1. The number of rotatable bonds is 63.